The molecule has 0 aromatic carbocycles. The molecular formula is C12H20N4O4. The van der Waals surface area contributed by atoms with Crippen LogP contribution in [0.5, 0.6) is 0 Å². The van der Waals surface area contributed by atoms with Crippen LogP contribution in [0.4, 0.5) is 5.69 Å². The van der Waals surface area contributed by atoms with Crippen LogP contribution in [-0.2, 0) is 11.3 Å². The number of hydrogen-bond donors (Lipinski definition) is 2. The molecule has 0 bridgehead atoms. The van der Waals surface area contributed by atoms with Crippen molar-refractivity contribution in [2.45, 2.75) is 46.3 Å². The molecule has 0 saturated heterocycles. The predicted octanol–water partition coefficient (Wildman–Crippen LogP) is 0.685. The Balaban J connectivity index is 2.52. The minimum absolute atomic E-state index is 0.000450. The molecule has 0 radical (unpaired) electrons. The van der Waals surface area contributed by atoms with Crippen LogP contribution in [0.2, 0.25) is 0 Å². The molecule has 1 aromatic heterocycles. The van der Waals surface area contributed by atoms with Gasteiger partial charge in [0.2, 0.25) is 5.91 Å². The van der Waals surface area contributed by atoms with Gasteiger partial charge in [-0.3, -0.25) is 19.6 Å². The van der Waals surface area contributed by atoms with E-state index in [4.69, 9.17) is 5.11 Å². The molecular weight excluding hydrogens is 264 g/mol. The van der Waals surface area contributed by atoms with Gasteiger partial charge in [-0.1, -0.05) is 0 Å². The summed E-state index contributed by atoms with van der Waals surface area (Å²) in [6.07, 6.45) is 0.240. The molecule has 0 aliphatic rings. The summed E-state index contributed by atoms with van der Waals surface area (Å²) < 4.78 is 1.47. The van der Waals surface area contributed by atoms with Gasteiger partial charge in [0, 0.05) is 13.0 Å². The average molecular weight is 284 g/mol. The Morgan fingerprint density at radius 3 is 2.70 bits per heavy atom. The van der Waals surface area contributed by atoms with Crippen LogP contribution < -0.4 is 5.32 Å². The van der Waals surface area contributed by atoms with Crippen LogP contribution in [0.1, 0.15) is 31.2 Å². The van der Waals surface area contributed by atoms with Crippen LogP contribution in [-0.4, -0.2) is 38.4 Å². The molecule has 2 N–H and O–H groups in total. The zero-order chi connectivity index (χ0) is 15.3. The van der Waals surface area contributed by atoms with E-state index in [1.165, 1.54) is 4.68 Å². The van der Waals surface area contributed by atoms with Gasteiger partial charge in [-0.2, -0.15) is 5.10 Å². The quantitative estimate of drug-likeness (QED) is 0.565. The highest BCUT2D eigenvalue weighted by molar-refractivity contribution is 5.75. The highest BCUT2D eigenvalue weighted by atomic mass is 16.6. The molecule has 1 amide bonds. The van der Waals surface area contributed by atoms with Gasteiger partial charge < -0.3 is 10.4 Å². The topological polar surface area (TPSA) is 110 Å². The van der Waals surface area contributed by atoms with Gasteiger partial charge in [0.25, 0.3) is 0 Å². The van der Waals surface area contributed by atoms with Crippen molar-refractivity contribution >= 4 is 11.6 Å². The summed E-state index contributed by atoms with van der Waals surface area (Å²) in [6.45, 7) is 5.55. The van der Waals surface area contributed by atoms with Crippen molar-refractivity contribution in [3.8, 4) is 0 Å². The van der Waals surface area contributed by atoms with Gasteiger partial charge in [-0.25, -0.2) is 0 Å². The summed E-state index contributed by atoms with van der Waals surface area (Å²) in [5.74, 6) is -0.166. The first-order chi connectivity index (χ1) is 9.32. The van der Waals surface area contributed by atoms with Crippen LogP contribution in [0.25, 0.3) is 0 Å². The lowest BCUT2D eigenvalue weighted by molar-refractivity contribution is -0.386. The first-order valence-electron chi connectivity index (χ1n) is 6.46. The van der Waals surface area contributed by atoms with Crippen LogP contribution in [0, 0.1) is 24.0 Å². The number of aromatic nitrogens is 2. The van der Waals surface area contributed by atoms with Crippen molar-refractivity contribution in [3.05, 3.63) is 21.5 Å². The number of amides is 1. The number of carbonyl (C=O) groups excluding carboxylic acids is 1. The highest BCUT2D eigenvalue weighted by Gasteiger charge is 2.21. The molecule has 1 unspecified atom stereocenters. The van der Waals surface area contributed by atoms with Crippen molar-refractivity contribution in [2.75, 3.05) is 6.54 Å². The summed E-state index contributed by atoms with van der Waals surface area (Å²) >= 11 is 0. The number of nitrogens with zero attached hydrogens (tertiary/aromatic N) is 3. The number of nitrogens with one attached hydrogen (secondary N) is 1. The fourth-order valence-corrected chi connectivity index (χ4v) is 1.89. The van der Waals surface area contributed by atoms with E-state index in [9.17, 15) is 14.9 Å². The minimum atomic E-state index is -0.461. The minimum Gasteiger partial charge on any atom is -0.393 e. The van der Waals surface area contributed by atoms with Gasteiger partial charge in [0.05, 0.1) is 17.6 Å². The molecule has 8 nitrogen and oxygen atoms in total. The molecule has 112 valence electrons. The van der Waals surface area contributed by atoms with E-state index in [-0.39, 0.29) is 18.0 Å². The van der Waals surface area contributed by atoms with Gasteiger partial charge in [-0.15, -0.1) is 0 Å². The van der Waals surface area contributed by atoms with E-state index in [0.717, 1.165) is 0 Å². The number of carbonyl (C=O) groups is 1. The van der Waals surface area contributed by atoms with Gasteiger partial charge >= 0.3 is 5.69 Å². The molecule has 1 aromatic rings. The van der Waals surface area contributed by atoms with Crippen LogP contribution in [0.3, 0.4) is 0 Å². The molecule has 0 aliphatic heterocycles. The zero-order valence-electron chi connectivity index (χ0n) is 11.9. The Bertz CT molecular complexity index is 496. The fourth-order valence-electron chi connectivity index (χ4n) is 1.89. The summed E-state index contributed by atoms with van der Waals surface area (Å²) in [5.41, 5.74) is 0.797. The van der Waals surface area contributed by atoms with Crippen molar-refractivity contribution in [3.63, 3.8) is 0 Å². The molecule has 1 heterocycles. The summed E-state index contributed by atoms with van der Waals surface area (Å²) in [5, 5.41) is 26.7. The number of aliphatic hydroxyl groups is 1. The SMILES string of the molecule is Cc1nn(CCC(=O)NCCC(C)O)c(C)c1[N+](=O)[O-]. The first kappa shape index (κ1) is 16.1. The maximum atomic E-state index is 11.6. The normalized spacial score (nSPS) is 12.2. The van der Waals surface area contributed by atoms with E-state index in [1.807, 2.05) is 0 Å². The van der Waals surface area contributed by atoms with Crippen molar-refractivity contribution in [1.29, 1.82) is 0 Å². The lowest BCUT2D eigenvalue weighted by atomic mass is 10.3. The van der Waals surface area contributed by atoms with Gasteiger partial charge in [0.1, 0.15) is 11.4 Å². The Labute approximate surface area is 116 Å². The molecule has 0 fully saturated rings. The predicted molar refractivity (Wildman–Crippen MR) is 72.3 cm³/mol. The van der Waals surface area contributed by atoms with Crippen molar-refractivity contribution in [2.24, 2.45) is 0 Å². The number of rotatable bonds is 7. The molecule has 1 rings (SSSR count). The van der Waals surface area contributed by atoms with E-state index in [0.29, 0.717) is 30.9 Å². The molecule has 8 heteroatoms. The Hall–Kier alpha value is -1.96. The lowest BCUT2D eigenvalue weighted by Crippen LogP contribution is -2.27. The maximum Gasteiger partial charge on any atom is 0.312 e. The molecule has 0 aliphatic carbocycles. The summed E-state index contributed by atoms with van der Waals surface area (Å²) in [6, 6.07) is 0. The third-order valence-corrected chi connectivity index (χ3v) is 2.96. The van der Waals surface area contributed by atoms with E-state index in [2.05, 4.69) is 10.4 Å². The average Bonchev–Trinajstić information content (AvgIpc) is 2.61. The molecule has 0 saturated carbocycles. The standard InChI is InChI=1S/C12H20N4O4/c1-8(17)4-6-13-11(18)5-7-15-10(3)12(16(19)20)9(2)14-15/h8,17H,4-7H2,1-3H3,(H,13,18). The monoisotopic (exact) mass is 284 g/mol. The summed E-state index contributed by atoms with van der Waals surface area (Å²) in [7, 11) is 0. The maximum absolute atomic E-state index is 11.6. The van der Waals surface area contributed by atoms with Gasteiger partial charge in [0.15, 0.2) is 0 Å². The summed E-state index contributed by atoms with van der Waals surface area (Å²) in [4.78, 5) is 22.0. The van der Waals surface area contributed by atoms with Crippen molar-refractivity contribution in [1.82, 2.24) is 15.1 Å². The molecule has 0 spiro atoms. The second-order valence-electron chi connectivity index (χ2n) is 4.74. The Morgan fingerprint density at radius 2 is 2.20 bits per heavy atom. The molecule has 1 atom stereocenters. The smallest absolute Gasteiger partial charge is 0.312 e. The van der Waals surface area contributed by atoms with E-state index in [1.54, 1.807) is 20.8 Å². The third kappa shape index (κ3) is 4.30. The second kappa shape index (κ2) is 6.99. The van der Waals surface area contributed by atoms with Crippen LogP contribution >= 0.6 is 0 Å². The fraction of sp³-hybridized carbons (Fsp3) is 0.667. The Morgan fingerprint density at radius 1 is 1.55 bits per heavy atom. The molecule has 20 heavy (non-hydrogen) atoms. The van der Waals surface area contributed by atoms with Gasteiger partial charge in [-0.05, 0) is 27.2 Å². The van der Waals surface area contributed by atoms with Crippen LogP contribution in [0.15, 0.2) is 0 Å². The zero-order valence-corrected chi connectivity index (χ0v) is 11.9. The van der Waals surface area contributed by atoms with E-state index < -0.39 is 11.0 Å². The number of aliphatic hydroxyl groups excluding tert-OH is 1. The van der Waals surface area contributed by atoms with Crippen molar-refractivity contribution < 1.29 is 14.8 Å². The Kier molecular flexibility index (Phi) is 5.63. The van der Waals surface area contributed by atoms with E-state index >= 15 is 0 Å². The first-order valence-corrected chi connectivity index (χ1v) is 6.46. The second-order valence-corrected chi connectivity index (χ2v) is 4.74. The number of aryl methyl sites for hydroxylation is 2. The lowest BCUT2D eigenvalue weighted by Gasteiger charge is -2.07. The third-order valence-electron chi connectivity index (χ3n) is 2.96. The number of nitro groups is 1. The number of hydrogen-bond acceptors (Lipinski definition) is 5. The highest BCUT2D eigenvalue weighted by Crippen LogP contribution is 2.21. The largest absolute Gasteiger partial charge is 0.393 e.